The molecule has 0 aliphatic heterocycles. The summed E-state index contributed by atoms with van der Waals surface area (Å²) < 4.78 is 13.9. The Morgan fingerprint density at radius 1 is 1.40 bits per heavy atom. The van der Waals surface area contributed by atoms with E-state index in [0.29, 0.717) is 11.8 Å². The predicted octanol–water partition coefficient (Wildman–Crippen LogP) is 3.82. The minimum absolute atomic E-state index is 0.173. The first-order valence-corrected chi connectivity index (χ1v) is 7.56. The fourth-order valence-corrected chi connectivity index (χ4v) is 2.72. The van der Waals surface area contributed by atoms with Crippen LogP contribution in [0.2, 0.25) is 0 Å². The van der Waals surface area contributed by atoms with E-state index in [9.17, 15) is 4.39 Å². The molecule has 5 heteroatoms. The summed E-state index contributed by atoms with van der Waals surface area (Å²) in [7, 11) is 0. The highest BCUT2D eigenvalue weighted by Crippen LogP contribution is 2.37. The summed E-state index contributed by atoms with van der Waals surface area (Å²) in [6.45, 7) is 7.33. The topological polar surface area (TPSA) is 49.8 Å². The van der Waals surface area contributed by atoms with Crippen LogP contribution in [0, 0.1) is 11.2 Å². The van der Waals surface area contributed by atoms with Gasteiger partial charge in [-0.1, -0.05) is 33.6 Å². The zero-order valence-corrected chi connectivity index (χ0v) is 12.7. The van der Waals surface area contributed by atoms with Crippen molar-refractivity contribution in [3.63, 3.8) is 0 Å². The van der Waals surface area contributed by atoms with E-state index in [4.69, 9.17) is 0 Å². The number of aromatic nitrogens is 2. The van der Waals surface area contributed by atoms with Crippen molar-refractivity contribution in [3.8, 4) is 0 Å². The van der Waals surface area contributed by atoms with Crippen molar-refractivity contribution in [2.75, 3.05) is 17.2 Å². The maximum atomic E-state index is 13.9. The molecule has 2 N–H and O–H groups in total. The van der Waals surface area contributed by atoms with Gasteiger partial charge in [0.1, 0.15) is 0 Å². The largest absolute Gasteiger partial charge is 0.364 e. The molecule has 2 rings (SSSR count). The van der Waals surface area contributed by atoms with Crippen molar-refractivity contribution in [1.82, 2.24) is 9.97 Å². The average molecular weight is 280 g/mol. The van der Waals surface area contributed by atoms with E-state index in [1.165, 1.54) is 19.0 Å². The Balaban J connectivity index is 2.11. The molecule has 0 aromatic carbocycles. The van der Waals surface area contributed by atoms with E-state index in [1.807, 2.05) is 0 Å². The molecule has 112 valence electrons. The summed E-state index contributed by atoms with van der Waals surface area (Å²) in [6, 6.07) is 0.264. The molecular weight excluding hydrogens is 255 g/mol. The molecule has 20 heavy (non-hydrogen) atoms. The summed E-state index contributed by atoms with van der Waals surface area (Å²) in [6.07, 6.45) is 6.89. The van der Waals surface area contributed by atoms with Crippen molar-refractivity contribution in [2.45, 2.75) is 58.9 Å². The van der Waals surface area contributed by atoms with Crippen molar-refractivity contribution < 1.29 is 4.39 Å². The molecule has 1 unspecified atom stereocenters. The Morgan fingerprint density at radius 2 is 2.20 bits per heavy atom. The molecule has 4 nitrogen and oxygen atoms in total. The van der Waals surface area contributed by atoms with Crippen LogP contribution < -0.4 is 10.6 Å². The Labute approximate surface area is 120 Å². The van der Waals surface area contributed by atoms with Gasteiger partial charge in [0.25, 0.3) is 0 Å². The third-order valence-corrected chi connectivity index (χ3v) is 4.10. The van der Waals surface area contributed by atoms with E-state index in [0.717, 1.165) is 25.8 Å². The number of rotatable bonds is 5. The van der Waals surface area contributed by atoms with E-state index in [1.54, 1.807) is 0 Å². The molecule has 0 spiro atoms. The lowest BCUT2D eigenvalue weighted by Crippen LogP contribution is -2.39. The van der Waals surface area contributed by atoms with Gasteiger partial charge in [-0.05, 0) is 24.7 Å². The molecule has 1 saturated carbocycles. The highest BCUT2D eigenvalue weighted by molar-refractivity contribution is 5.42. The molecule has 1 aliphatic carbocycles. The normalized spacial score (nSPS) is 21.5. The number of nitrogens with one attached hydrogen (secondary N) is 2. The summed E-state index contributed by atoms with van der Waals surface area (Å²) >= 11 is 0. The van der Waals surface area contributed by atoms with Crippen LogP contribution in [-0.2, 0) is 0 Å². The van der Waals surface area contributed by atoms with Gasteiger partial charge in [-0.3, -0.25) is 0 Å². The van der Waals surface area contributed by atoms with Crippen LogP contribution in [0.3, 0.4) is 0 Å². The molecule has 0 radical (unpaired) electrons. The van der Waals surface area contributed by atoms with Gasteiger partial charge in [-0.25, -0.2) is 9.37 Å². The second kappa shape index (κ2) is 6.37. The zero-order valence-electron chi connectivity index (χ0n) is 12.7. The van der Waals surface area contributed by atoms with Crippen molar-refractivity contribution >= 4 is 11.8 Å². The van der Waals surface area contributed by atoms with Crippen LogP contribution in [-0.4, -0.2) is 22.6 Å². The second-order valence-corrected chi connectivity index (χ2v) is 6.25. The van der Waals surface area contributed by atoms with Crippen molar-refractivity contribution in [2.24, 2.45) is 5.41 Å². The zero-order chi connectivity index (χ0) is 14.6. The van der Waals surface area contributed by atoms with Crippen molar-refractivity contribution in [1.29, 1.82) is 0 Å². The summed E-state index contributed by atoms with van der Waals surface area (Å²) in [4.78, 5) is 8.23. The first kappa shape index (κ1) is 15.0. The Kier molecular flexibility index (Phi) is 4.78. The van der Waals surface area contributed by atoms with Crippen LogP contribution in [0.25, 0.3) is 0 Å². The SMILES string of the molecule is CCCNc1ncc(F)c(NC2CCCCC2(C)C)n1. The fourth-order valence-electron chi connectivity index (χ4n) is 2.72. The minimum Gasteiger partial charge on any atom is -0.364 e. The molecule has 0 saturated heterocycles. The second-order valence-electron chi connectivity index (χ2n) is 6.25. The first-order valence-electron chi connectivity index (χ1n) is 7.56. The Bertz CT molecular complexity index is 447. The molecule has 1 fully saturated rings. The lowest BCUT2D eigenvalue weighted by Gasteiger charge is -2.39. The van der Waals surface area contributed by atoms with Crippen LogP contribution in [0.15, 0.2) is 6.20 Å². The Hall–Kier alpha value is -1.39. The highest BCUT2D eigenvalue weighted by Gasteiger charge is 2.32. The molecule has 1 aromatic rings. The van der Waals surface area contributed by atoms with E-state index >= 15 is 0 Å². The van der Waals surface area contributed by atoms with Crippen LogP contribution in [0.1, 0.15) is 52.9 Å². The standard InChI is InChI=1S/C15H25FN4/c1-4-9-17-14-18-10-11(16)13(20-14)19-12-7-5-6-8-15(12,2)3/h10,12H,4-9H2,1-3H3,(H2,17,18,19,20). The quantitative estimate of drug-likeness (QED) is 0.861. The number of hydrogen-bond donors (Lipinski definition) is 2. The summed E-state index contributed by atoms with van der Waals surface area (Å²) in [5, 5.41) is 6.38. The maximum Gasteiger partial charge on any atom is 0.224 e. The van der Waals surface area contributed by atoms with E-state index in [-0.39, 0.29) is 17.3 Å². The lowest BCUT2D eigenvalue weighted by atomic mass is 9.73. The minimum atomic E-state index is -0.381. The van der Waals surface area contributed by atoms with Gasteiger partial charge in [-0.2, -0.15) is 4.98 Å². The lowest BCUT2D eigenvalue weighted by molar-refractivity contribution is 0.216. The molecule has 1 atom stereocenters. The van der Waals surface area contributed by atoms with Crippen LogP contribution >= 0.6 is 0 Å². The molecule has 1 aromatic heterocycles. The van der Waals surface area contributed by atoms with Gasteiger partial charge in [0.15, 0.2) is 11.6 Å². The molecule has 0 bridgehead atoms. The monoisotopic (exact) mass is 280 g/mol. The van der Waals surface area contributed by atoms with Gasteiger partial charge in [0.05, 0.1) is 6.20 Å². The van der Waals surface area contributed by atoms with Gasteiger partial charge in [0, 0.05) is 12.6 Å². The van der Waals surface area contributed by atoms with Crippen molar-refractivity contribution in [3.05, 3.63) is 12.0 Å². The van der Waals surface area contributed by atoms with Gasteiger partial charge in [0.2, 0.25) is 5.95 Å². The van der Waals surface area contributed by atoms with Crippen LogP contribution in [0.5, 0.6) is 0 Å². The summed E-state index contributed by atoms with van der Waals surface area (Å²) in [5.41, 5.74) is 0.173. The van der Waals surface area contributed by atoms with E-state index in [2.05, 4.69) is 41.4 Å². The molecule has 1 heterocycles. The number of nitrogens with zero attached hydrogens (tertiary/aromatic N) is 2. The van der Waals surface area contributed by atoms with Gasteiger partial charge < -0.3 is 10.6 Å². The molecule has 1 aliphatic rings. The molecule has 0 amide bonds. The number of anilines is 2. The summed E-state index contributed by atoms with van der Waals surface area (Å²) in [5.74, 6) is 0.427. The number of halogens is 1. The smallest absolute Gasteiger partial charge is 0.224 e. The molecular formula is C15H25FN4. The highest BCUT2D eigenvalue weighted by atomic mass is 19.1. The van der Waals surface area contributed by atoms with E-state index < -0.39 is 0 Å². The van der Waals surface area contributed by atoms with Gasteiger partial charge >= 0.3 is 0 Å². The number of hydrogen-bond acceptors (Lipinski definition) is 4. The third kappa shape index (κ3) is 3.58. The van der Waals surface area contributed by atoms with Gasteiger partial charge in [-0.15, -0.1) is 0 Å². The first-order chi connectivity index (χ1) is 9.53. The average Bonchev–Trinajstić information content (AvgIpc) is 2.41. The Morgan fingerprint density at radius 3 is 2.90 bits per heavy atom. The van der Waals surface area contributed by atoms with Crippen LogP contribution in [0.4, 0.5) is 16.2 Å². The fraction of sp³-hybridized carbons (Fsp3) is 0.733. The predicted molar refractivity (Wildman–Crippen MR) is 80.4 cm³/mol. The third-order valence-electron chi connectivity index (χ3n) is 4.10. The maximum absolute atomic E-state index is 13.9.